The lowest BCUT2D eigenvalue weighted by Gasteiger charge is -2.20. The molecule has 25 heavy (non-hydrogen) atoms. The first-order chi connectivity index (χ1) is 12.0. The van der Waals surface area contributed by atoms with Crippen LogP contribution in [0.25, 0.3) is 6.08 Å². The van der Waals surface area contributed by atoms with E-state index in [0.717, 1.165) is 13.1 Å². The van der Waals surface area contributed by atoms with Crippen molar-refractivity contribution in [3.05, 3.63) is 65.7 Å². The first-order valence-electron chi connectivity index (χ1n) is 9.22. The summed E-state index contributed by atoms with van der Waals surface area (Å²) >= 11 is 0. The summed E-state index contributed by atoms with van der Waals surface area (Å²) in [6.45, 7) is 11.1. The molecule has 0 atom stereocenters. The number of fused-ring (bicyclic) bond motifs is 1. The molecule has 0 aromatic heterocycles. The minimum absolute atomic E-state index is 0.0308. The molecule has 1 heterocycles. The Bertz CT molecular complexity index is 806. The molecule has 2 heteroatoms. The SMILES string of the molecule is CCN(CC)c1ccc(C=CC2=[N+](C)c3ccccc3C2(C)C)cc1. The molecule has 0 aliphatic carbocycles. The molecule has 0 N–H and O–H groups in total. The fourth-order valence-corrected chi connectivity index (χ4v) is 3.86. The number of para-hydroxylation sites is 1. The summed E-state index contributed by atoms with van der Waals surface area (Å²) in [5.74, 6) is 0. The van der Waals surface area contributed by atoms with E-state index in [9.17, 15) is 0 Å². The lowest BCUT2D eigenvalue weighted by atomic mass is 9.81. The van der Waals surface area contributed by atoms with Gasteiger partial charge in [0.05, 0.1) is 5.41 Å². The van der Waals surface area contributed by atoms with E-state index in [2.05, 4.69) is 105 Å². The molecule has 2 aromatic rings. The number of allylic oxidation sites excluding steroid dienone is 1. The molecule has 3 rings (SSSR count). The second-order valence-electron chi connectivity index (χ2n) is 7.18. The summed E-state index contributed by atoms with van der Waals surface area (Å²) in [5, 5.41) is 0. The summed E-state index contributed by atoms with van der Waals surface area (Å²) < 4.78 is 2.32. The van der Waals surface area contributed by atoms with Gasteiger partial charge in [-0.3, -0.25) is 0 Å². The van der Waals surface area contributed by atoms with E-state index in [4.69, 9.17) is 0 Å². The Balaban J connectivity index is 1.87. The van der Waals surface area contributed by atoms with Crippen molar-refractivity contribution in [3.8, 4) is 0 Å². The summed E-state index contributed by atoms with van der Waals surface area (Å²) in [6, 6.07) is 17.5. The number of nitrogens with zero attached hydrogens (tertiary/aromatic N) is 2. The largest absolute Gasteiger partial charge is 0.372 e. The van der Waals surface area contributed by atoms with E-state index in [1.165, 1.54) is 28.2 Å². The summed E-state index contributed by atoms with van der Waals surface area (Å²) in [4.78, 5) is 2.37. The Morgan fingerprint density at radius 1 is 0.920 bits per heavy atom. The number of rotatable bonds is 5. The maximum Gasteiger partial charge on any atom is 0.209 e. The van der Waals surface area contributed by atoms with Crippen LogP contribution in [0.3, 0.4) is 0 Å². The average molecular weight is 333 g/mol. The maximum absolute atomic E-state index is 2.37. The smallest absolute Gasteiger partial charge is 0.209 e. The van der Waals surface area contributed by atoms with Crippen molar-refractivity contribution < 1.29 is 4.58 Å². The van der Waals surface area contributed by atoms with Crippen molar-refractivity contribution in [2.45, 2.75) is 33.1 Å². The Morgan fingerprint density at radius 2 is 1.56 bits per heavy atom. The molecule has 0 spiro atoms. The molecule has 0 radical (unpaired) electrons. The van der Waals surface area contributed by atoms with Crippen molar-refractivity contribution in [1.82, 2.24) is 0 Å². The highest BCUT2D eigenvalue weighted by Gasteiger charge is 2.42. The van der Waals surface area contributed by atoms with E-state index >= 15 is 0 Å². The third-order valence-electron chi connectivity index (χ3n) is 5.40. The molecule has 130 valence electrons. The van der Waals surface area contributed by atoms with Crippen LogP contribution in [0.5, 0.6) is 0 Å². The second kappa shape index (κ2) is 6.87. The Hall–Kier alpha value is -2.35. The van der Waals surface area contributed by atoms with E-state index < -0.39 is 0 Å². The van der Waals surface area contributed by atoms with Crippen LogP contribution in [-0.4, -0.2) is 30.4 Å². The maximum atomic E-state index is 2.37. The molecule has 2 nitrogen and oxygen atoms in total. The predicted molar refractivity (Wildman–Crippen MR) is 109 cm³/mol. The number of hydrogen-bond donors (Lipinski definition) is 0. The molecule has 2 aromatic carbocycles. The zero-order chi connectivity index (χ0) is 18.0. The van der Waals surface area contributed by atoms with E-state index in [1.54, 1.807) is 0 Å². The van der Waals surface area contributed by atoms with Gasteiger partial charge in [-0.25, -0.2) is 0 Å². The van der Waals surface area contributed by atoms with Gasteiger partial charge in [-0.2, -0.15) is 4.58 Å². The molecule has 1 aliphatic rings. The third-order valence-corrected chi connectivity index (χ3v) is 5.40. The van der Waals surface area contributed by atoms with E-state index in [-0.39, 0.29) is 5.41 Å². The standard InChI is InChI=1S/C23H29N2/c1-6-25(7-2)19-15-12-18(13-16-19)14-17-22-23(3,4)20-10-8-9-11-21(20)24(22)5/h8-17H,6-7H2,1-5H3/q+1. The lowest BCUT2D eigenvalue weighted by Crippen LogP contribution is -2.26. The molecule has 0 saturated carbocycles. The third kappa shape index (κ3) is 3.13. The Morgan fingerprint density at radius 3 is 2.16 bits per heavy atom. The summed E-state index contributed by atoms with van der Waals surface area (Å²) in [5.41, 5.74) is 6.60. The zero-order valence-corrected chi connectivity index (χ0v) is 16.1. The monoisotopic (exact) mass is 333 g/mol. The molecule has 0 amide bonds. The van der Waals surface area contributed by atoms with E-state index in [0.29, 0.717) is 0 Å². The molecular formula is C23H29N2+. The predicted octanol–water partition coefficient (Wildman–Crippen LogP) is 5.25. The lowest BCUT2D eigenvalue weighted by molar-refractivity contribution is -0.401. The van der Waals surface area contributed by atoms with Crippen molar-refractivity contribution >= 4 is 23.2 Å². The zero-order valence-electron chi connectivity index (χ0n) is 16.1. The highest BCUT2D eigenvalue weighted by Crippen LogP contribution is 2.39. The van der Waals surface area contributed by atoms with Gasteiger partial charge in [0.15, 0.2) is 5.71 Å². The van der Waals surface area contributed by atoms with Gasteiger partial charge >= 0.3 is 0 Å². The van der Waals surface area contributed by atoms with Gasteiger partial charge in [0.2, 0.25) is 5.69 Å². The Kier molecular flexibility index (Phi) is 4.80. The van der Waals surface area contributed by atoms with Gasteiger partial charge in [-0.15, -0.1) is 0 Å². The van der Waals surface area contributed by atoms with Crippen molar-refractivity contribution in [1.29, 1.82) is 0 Å². The minimum atomic E-state index is 0.0308. The van der Waals surface area contributed by atoms with Crippen molar-refractivity contribution in [2.75, 3.05) is 25.0 Å². The highest BCUT2D eigenvalue weighted by molar-refractivity contribution is 6.05. The first kappa shape index (κ1) is 17.5. The topological polar surface area (TPSA) is 6.25 Å². The van der Waals surface area contributed by atoms with Crippen molar-refractivity contribution in [3.63, 3.8) is 0 Å². The van der Waals surface area contributed by atoms with Gasteiger partial charge in [0.1, 0.15) is 7.05 Å². The summed E-state index contributed by atoms with van der Waals surface area (Å²) in [7, 11) is 2.16. The minimum Gasteiger partial charge on any atom is -0.372 e. The van der Waals surface area contributed by atoms with Gasteiger partial charge in [0, 0.05) is 36.5 Å². The van der Waals surface area contributed by atoms with Crippen LogP contribution in [0.1, 0.15) is 38.8 Å². The fraction of sp³-hybridized carbons (Fsp3) is 0.348. The van der Waals surface area contributed by atoms with Crippen LogP contribution >= 0.6 is 0 Å². The number of benzene rings is 2. The molecule has 1 aliphatic heterocycles. The van der Waals surface area contributed by atoms with Gasteiger partial charge in [-0.1, -0.05) is 30.3 Å². The fourth-order valence-electron chi connectivity index (χ4n) is 3.86. The van der Waals surface area contributed by atoms with E-state index in [1.807, 2.05) is 0 Å². The van der Waals surface area contributed by atoms with Crippen LogP contribution in [0, 0.1) is 0 Å². The van der Waals surface area contributed by atoms with Crippen LogP contribution < -0.4 is 4.90 Å². The highest BCUT2D eigenvalue weighted by atomic mass is 15.1. The number of anilines is 1. The molecule has 0 saturated heterocycles. The van der Waals surface area contributed by atoms with Gasteiger partial charge < -0.3 is 4.90 Å². The normalized spacial score (nSPS) is 15.7. The van der Waals surface area contributed by atoms with Gasteiger partial charge in [0.25, 0.3) is 0 Å². The first-order valence-corrected chi connectivity index (χ1v) is 9.22. The summed E-state index contributed by atoms with van der Waals surface area (Å²) in [6.07, 6.45) is 4.50. The van der Waals surface area contributed by atoms with Crippen LogP contribution in [-0.2, 0) is 5.41 Å². The Labute approximate surface area is 152 Å². The molecule has 0 unspecified atom stereocenters. The van der Waals surface area contributed by atoms with Crippen molar-refractivity contribution in [2.24, 2.45) is 0 Å². The molecule has 0 bridgehead atoms. The van der Waals surface area contributed by atoms with Gasteiger partial charge in [-0.05, 0) is 51.5 Å². The molecular weight excluding hydrogens is 304 g/mol. The second-order valence-corrected chi connectivity index (χ2v) is 7.18. The number of hydrogen-bond acceptors (Lipinski definition) is 1. The quantitative estimate of drug-likeness (QED) is 0.677. The average Bonchev–Trinajstić information content (AvgIpc) is 2.82. The van der Waals surface area contributed by atoms with Crippen LogP contribution in [0.2, 0.25) is 0 Å². The van der Waals surface area contributed by atoms with Crippen LogP contribution in [0.4, 0.5) is 11.4 Å². The van der Waals surface area contributed by atoms with Crippen LogP contribution in [0.15, 0.2) is 54.6 Å². The molecule has 0 fully saturated rings.